The van der Waals surface area contributed by atoms with E-state index in [1.54, 1.807) is 0 Å². The van der Waals surface area contributed by atoms with Crippen LogP contribution in [0.15, 0.2) is 58.5 Å². The molecule has 2 fully saturated rings. The molecular weight excluding hydrogens is 428 g/mol. The number of nitrogens with zero attached hydrogens (tertiary/aromatic N) is 3. The summed E-state index contributed by atoms with van der Waals surface area (Å²) in [5.74, 6) is 2.59. The van der Waals surface area contributed by atoms with Gasteiger partial charge in [-0.25, -0.2) is 4.99 Å². The van der Waals surface area contributed by atoms with Gasteiger partial charge in [0, 0.05) is 60.6 Å². The Morgan fingerprint density at radius 2 is 1.94 bits per heavy atom. The Morgan fingerprint density at radius 1 is 1.15 bits per heavy atom. The van der Waals surface area contributed by atoms with E-state index in [2.05, 4.69) is 35.1 Å². The van der Waals surface area contributed by atoms with Gasteiger partial charge in [-0.15, -0.1) is 0 Å². The molecule has 1 aliphatic carbocycles. The van der Waals surface area contributed by atoms with Gasteiger partial charge in [0.25, 0.3) is 5.91 Å². The van der Waals surface area contributed by atoms with Crippen LogP contribution in [0.3, 0.4) is 0 Å². The zero-order chi connectivity index (χ0) is 23.2. The van der Waals surface area contributed by atoms with Crippen molar-refractivity contribution >= 4 is 34.9 Å². The average molecular weight is 463 g/mol. The Labute approximate surface area is 201 Å². The summed E-state index contributed by atoms with van der Waals surface area (Å²) in [7, 11) is 1.82. The number of amidine groups is 1. The first kappa shape index (κ1) is 23.7. The molecule has 0 aromatic heterocycles. The Kier molecular flexibility index (Phi) is 7.99. The summed E-state index contributed by atoms with van der Waals surface area (Å²) in [5.41, 5.74) is 4.79. The molecule has 174 valence electrons. The first-order valence-electron chi connectivity index (χ1n) is 11.9. The van der Waals surface area contributed by atoms with Crippen molar-refractivity contribution in [3.05, 3.63) is 65.2 Å². The van der Waals surface area contributed by atoms with E-state index >= 15 is 0 Å². The molecule has 0 radical (unpaired) electrons. The zero-order valence-corrected chi connectivity index (χ0v) is 20.7. The lowest BCUT2D eigenvalue weighted by atomic mass is 10.1. The molecule has 1 aliphatic heterocycles. The second-order valence-corrected chi connectivity index (χ2v) is 10.5. The van der Waals surface area contributed by atoms with Crippen LogP contribution in [0, 0.1) is 5.92 Å². The monoisotopic (exact) mass is 462 g/mol. The maximum atomic E-state index is 12.9. The predicted octanol–water partition coefficient (Wildman–Crippen LogP) is 5.51. The number of amides is 1. The van der Waals surface area contributed by atoms with E-state index in [9.17, 15) is 4.79 Å². The van der Waals surface area contributed by atoms with Gasteiger partial charge in [-0.05, 0) is 54.7 Å². The SMILES string of the molecule is CCC(=NC(=NC)C1CC1)c1ccc(NC(=O)c2cccc(CN3CCSC(C)C3)c2)cc1. The van der Waals surface area contributed by atoms with Crippen molar-refractivity contribution in [2.75, 3.05) is 31.2 Å². The Hall–Kier alpha value is -2.44. The number of hydrogen-bond donors (Lipinski definition) is 1. The number of carbonyl (C=O) groups is 1. The number of nitrogens with one attached hydrogen (secondary N) is 1. The standard InChI is InChI=1S/C27H34N4OS/c1-4-25(30-26(28-3)22-8-9-22)21-10-12-24(13-11-21)29-27(32)23-7-5-6-20(16-23)18-31-14-15-33-19(2)17-31/h5-7,10-13,16,19,22H,4,8-9,14-15,17-18H2,1-3H3,(H,29,32). The molecule has 1 saturated heterocycles. The summed E-state index contributed by atoms with van der Waals surface area (Å²) in [4.78, 5) is 24.5. The van der Waals surface area contributed by atoms with Gasteiger partial charge in [-0.2, -0.15) is 11.8 Å². The van der Waals surface area contributed by atoms with Gasteiger partial charge in [0.15, 0.2) is 0 Å². The van der Waals surface area contributed by atoms with Crippen molar-refractivity contribution in [1.82, 2.24) is 4.90 Å². The molecule has 6 heteroatoms. The average Bonchev–Trinajstić information content (AvgIpc) is 3.66. The lowest BCUT2D eigenvalue weighted by molar-refractivity contribution is 0.102. The quantitative estimate of drug-likeness (QED) is 0.436. The molecule has 1 unspecified atom stereocenters. The molecule has 0 spiro atoms. The second kappa shape index (κ2) is 11.1. The number of anilines is 1. The summed E-state index contributed by atoms with van der Waals surface area (Å²) < 4.78 is 0. The van der Waals surface area contributed by atoms with E-state index in [1.165, 1.54) is 24.2 Å². The molecule has 4 rings (SSSR count). The van der Waals surface area contributed by atoms with E-state index in [-0.39, 0.29) is 5.91 Å². The van der Waals surface area contributed by atoms with Crippen molar-refractivity contribution in [1.29, 1.82) is 0 Å². The number of hydrogen-bond acceptors (Lipinski definition) is 4. The van der Waals surface area contributed by atoms with E-state index in [0.717, 1.165) is 48.9 Å². The van der Waals surface area contributed by atoms with Crippen molar-refractivity contribution in [3.8, 4) is 0 Å². The molecule has 1 atom stereocenters. The minimum atomic E-state index is -0.0781. The Morgan fingerprint density at radius 3 is 2.61 bits per heavy atom. The fourth-order valence-electron chi connectivity index (χ4n) is 4.20. The number of benzene rings is 2. The van der Waals surface area contributed by atoms with Crippen LogP contribution in [-0.2, 0) is 6.54 Å². The van der Waals surface area contributed by atoms with Crippen molar-refractivity contribution in [2.24, 2.45) is 15.9 Å². The number of carbonyl (C=O) groups excluding carboxylic acids is 1. The fraction of sp³-hybridized carbons (Fsp3) is 0.444. The molecule has 1 saturated carbocycles. The summed E-state index contributed by atoms with van der Waals surface area (Å²) in [6.45, 7) is 7.50. The third-order valence-electron chi connectivity index (χ3n) is 6.15. The van der Waals surface area contributed by atoms with E-state index in [1.807, 2.05) is 61.3 Å². The van der Waals surface area contributed by atoms with Gasteiger partial charge in [0.1, 0.15) is 5.84 Å². The van der Waals surface area contributed by atoms with Crippen molar-refractivity contribution in [3.63, 3.8) is 0 Å². The lowest BCUT2D eigenvalue weighted by Gasteiger charge is -2.30. The topological polar surface area (TPSA) is 57.1 Å². The van der Waals surface area contributed by atoms with Gasteiger partial charge in [0.05, 0.1) is 0 Å². The first-order chi connectivity index (χ1) is 16.1. The number of thioether (sulfide) groups is 1. The molecule has 33 heavy (non-hydrogen) atoms. The summed E-state index contributed by atoms with van der Waals surface area (Å²) in [6.07, 6.45) is 3.23. The van der Waals surface area contributed by atoms with Crippen LogP contribution >= 0.6 is 11.8 Å². The molecule has 2 aliphatic rings. The highest BCUT2D eigenvalue weighted by Crippen LogP contribution is 2.31. The highest BCUT2D eigenvalue weighted by molar-refractivity contribution is 7.99. The second-order valence-electron chi connectivity index (χ2n) is 8.92. The van der Waals surface area contributed by atoms with Gasteiger partial charge < -0.3 is 5.32 Å². The van der Waals surface area contributed by atoms with Crippen molar-refractivity contribution < 1.29 is 4.79 Å². The van der Waals surface area contributed by atoms with Crippen LogP contribution in [0.2, 0.25) is 0 Å². The third kappa shape index (κ3) is 6.55. The maximum absolute atomic E-state index is 12.9. The summed E-state index contributed by atoms with van der Waals surface area (Å²) >= 11 is 2.03. The van der Waals surface area contributed by atoms with Crippen LogP contribution in [0.4, 0.5) is 5.69 Å². The molecule has 0 bridgehead atoms. The fourth-order valence-corrected chi connectivity index (χ4v) is 5.29. The molecule has 1 N–H and O–H groups in total. The molecule has 1 heterocycles. The largest absolute Gasteiger partial charge is 0.322 e. The van der Waals surface area contributed by atoms with Gasteiger partial charge >= 0.3 is 0 Å². The molecule has 5 nitrogen and oxygen atoms in total. The van der Waals surface area contributed by atoms with Gasteiger partial charge in [-0.3, -0.25) is 14.7 Å². The smallest absolute Gasteiger partial charge is 0.255 e. The molecule has 2 aromatic rings. The highest BCUT2D eigenvalue weighted by Gasteiger charge is 2.27. The minimum absolute atomic E-state index is 0.0781. The van der Waals surface area contributed by atoms with Crippen LogP contribution in [0.5, 0.6) is 0 Å². The molecular formula is C27H34N4OS. The van der Waals surface area contributed by atoms with Crippen molar-refractivity contribution in [2.45, 2.75) is 44.9 Å². The van der Waals surface area contributed by atoms with Gasteiger partial charge in [-0.1, -0.05) is 38.1 Å². The van der Waals surface area contributed by atoms with E-state index < -0.39 is 0 Å². The highest BCUT2D eigenvalue weighted by atomic mass is 32.2. The maximum Gasteiger partial charge on any atom is 0.255 e. The Balaban J connectivity index is 1.40. The predicted molar refractivity (Wildman–Crippen MR) is 141 cm³/mol. The third-order valence-corrected chi connectivity index (χ3v) is 7.29. The van der Waals surface area contributed by atoms with Gasteiger partial charge in [0.2, 0.25) is 0 Å². The van der Waals surface area contributed by atoms with Crippen LogP contribution in [0.25, 0.3) is 0 Å². The van der Waals surface area contributed by atoms with Crippen LogP contribution < -0.4 is 5.32 Å². The number of rotatable bonds is 7. The zero-order valence-electron chi connectivity index (χ0n) is 19.9. The lowest BCUT2D eigenvalue weighted by Crippen LogP contribution is -2.36. The normalized spacial score (nSPS) is 20.0. The minimum Gasteiger partial charge on any atom is -0.322 e. The summed E-state index contributed by atoms with van der Waals surface area (Å²) in [6, 6.07) is 16.0. The first-order valence-corrected chi connectivity index (χ1v) is 13.0. The van der Waals surface area contributed by atoms with Crippen LogP contribution in [0.1, 0.15) is 54.6 Å². The van der Waals surface area contributed by atoms with E-state index in [4.69, 9.17) is 4.99 Å². The number of aliphatic imine (C=N–C) groups is 2. The van der Waals surface area contributed by atoms with E-state index in [0.29, 0.717) is 16.7 Å². The van der Waals surface area contributed by atoms with Crippen LogP contribution in [-0.4, -0.2) is 53.5 Å². The summed E-state index contributed by atoms with van der Waals surface area (Å²) in [5, 5.41) is 3.71. The molecule has 1 amide bonds. The molecule has 2 aromatic carbocycles. The Bertz CT molecular complexity index is 1030.